The minimum absolute atomic E-state index is 0.0277. The van der Waals surface area contributed by atoms with Crippen molar-refractivity contribution in [3.05, 3.63) is 60.4 Å². The SMILES string of the molecule is CC(C)CC(=O)Nc1cccc(CNc2ncnc3c2oc2ccccc23)c1. The summed E-state index contributed by atoms with van der Waals surface area (Å²) in [6, 6.07) is 15.6. The fourth-order valence-electron chi connectivity index (χ4n) is 3.18. The van der Waals surface area contributed by atoms with E-state index in [2.05, 4.69) is 20.6 Å². The van der Waals surface area contributed by atoms with E-state index >= 15 is 0 Å². The number of rotatable bonds is 6. The van der Waals surface area contributed by atoms with Crippen molar-refractivity contribution in [2.45, 2.75) is 26.8 Å². The first-order valence-electron chi connectivity index (χ1n) is 9.35. The van der Waals surface area contributed by atoms with Gasteiger partial charge in [0.25, 0.3) is 0 Å². The Morgan fingerprint density at radius 2 is 1.96 bits per heavy atom. The molecule has 0 aliphatic carbocycles. The van der Waals surface area contributed by atoms with E-state index in [4.69, 9.17) is 4.42 Å². The minimum atomic E-state index is 0.0277. The number of carbonyl (C=O) groups is 1. The number of carbonyl (C=O) groups excluding carboxylic acids is 1. The van der Waals surface area contributed by atoms with E-state index in [0.29, 0.717) is 30.3 Å². The predicted octanol–water partition coefficient (Wildman–Crippen LogP) is 4.97. The quantitative estimate of drug-likeness (QED) is 0.498. The highest BCUT2D eigenvalue weighted by atomic mass is 16.3. The third kappa shape index (κ3) is 3.81. The van der Waals surface area contributed by atoms with Crippen molar-refractivity contribution in [3.8, 4) is 0 Å². The lowest BCUT2D eigenvalue weighted by Crippen LogP contribution is -2.14. The van der Waals surface area contributed by atoms with Crippen molar-refractivity contribution in [2.24, 2.45) is 5.92 Å². The summed E-state index contributed by atoms with van der Waals surface area (Å²) in [7, 11) is 0. The molecule has 0 saturated heterocycles. The summed E-state index contributed by atoms with van der Waals surface area (Å²) in [5, 5.41) is 7.24. The van der Waals surface area contributed by atoms with Crippen molar-refractivity contribution < 1.29 is 9.21 Å². The van der Waals surface area contributed by atoms with Crippen LogP contribution in [0.2, 0.25) is 0 Å². The van der Waals surface area contributed by atoms with Crippen LogP contribution in [0.15, 0.2) is 59.3 Å². The number of anilines is 2. The molecule has 142 valence electrons. The molecule has 0 fully saturated rings. The van der Waals surface area contributed by atoms with Crippen LogP contribution in [0.25, 0.3) is 22.1 Å². The number of furan rings is 1. The Labute approximate surface area is 163 Å². The molecule has 0 atom stereocenters. The molecule has 4 rings (SSSR count). The summed E-state index contributed by atoms with van der Waals surface area (Å²) >= 11 is 0. The number of para-hydroxylation sites is 1. The number of nitrogens with zero attached hydrogens (tertiary/aromatic N) is 2. The van der Waals surface area contributed by atoms with Gasteiger partial charge in [0, 0.05) is 24.0 Å². The number of nitrogens with one attached hydrogen (secondary N) is 2. The van der Waals surface area contributed by atoms with Crippen LogP contribution in [0, 0.1) is 5.92 Å². The van der Waals surface area contributed by atoms with Crippen molar-refractivity contribution in [3.63, 3.8) is 0 Å². The highest BCUT2D eigenvalue weighted by molar-refractivity contribution is 6.05. The summed E-state index contributed by atoms with van der Waals surface area (Å²) < 4.78 is 5.94. The standard InChI is InChI=1S/C22H22N4O2/c1-14(2)10-19(27)26-16-7-5-6-15(11-16)12-23-22-21-20(24-13-25-22)17-8-3-4-9-18(17)28-21/h3-9,11,13-14H,10,12H2,1-2H3,(H,26,27)(H,23,24,25). The van der Waals surface area contributed by atoms with Crippen molar-refractivity contribution in [1.29, 1.82) is 0 Å². The second-order valence-corrected chi connectivity index (χ2v) is 7.20. The maximum Gasteiger partial charge on any atom is 0.224 e. The highest BCUT2D eigenvalue weighted by Gasteiger charge is 2.12. The molecule has 0 saturated carbocycles. The molecule has 0 aliphatic heterocycles. The van der Waals surface area contributed by atoms with Crippen LogP contribution >= 0.6 is 0 Å². The number of benzene rings is 2. The summed E-state index contributed by atoms with van der Waals surface area (Å²) in [6.45, 7) is 4.61. The maximum atomic E-state index is 12.0. The average Bonchev–Trinajstić information content (AvgIpc) is 3.05. The van der Waals surface area contributed by atoms with Crippen LogP contribution in [-0.2, 0) is 11.3 Å². The third-order valence-electron chi connectivity index (χ3n) is 4.42. The fourth-order valence-corrected chi connectivity index (χ4v) is 3.18. The van der Waals surface area contributed by atoms with E-state index in [0.717, 1.165) is 27.7 Å². The van der Waals surface area contributed by atoms with E-state index in [-0.39, 0.29) is 5.91 Å². The molecule has 2 heterocycles. The number of hydrogen-bond acceptors (Lipinski definition) is 5. The molecule has 0 aliphatic rings. The maximum absolute atomic E-state index is 12.0. The molecule has 2 aromatic carbocycles. The predicted molar refractivity (Wildman–Crippen MR) is 111 cm³/mol. The molecule has 6 nitrogen and oxygen atoms in total. The van der Waals surface area contributed by atoms with Gasteiger partial charge in [-0.05, 0) is 35.7 Å². The largest absolute Gasteiger partial charge is 0.450 e. The van der Waals surface area contributed by atoms with Gasteiger partial charge in [0.15, 0.2) is 11.4 Å². The van der Waals surface area contributed by atoms with Crippen LogP contribution in [-0.4, -0.2) is 15.9 Å². The van der Waals surface area contributed by atoms with E-state index in [1.807, 2.05) is 62.4 Å². The molecule has 2 N–H and O–H groups in total. The summed E-state index contributed by atoms with van der Waals surface area (Å²) in [4.78, 5) is 20.7. The molecule has 0 unspecified atom stereocenters. The zero-order valence-corrected chi connectivity index (χ0v) is 15.9. The molecule has 0 spiro atoms. The van der Waals surface area contributed by atoms with Crippen molar-refractivity contribution in [2.75, 3.05) is 10.6 Å². The Balaban J connectivity index is 1.52. The van der Waals surface area contributed by atoms with Gasteiger partial charge >= 0.3 is 0 Å². The van der Waals surface area contributed by atoms with E-state index < -0.39 is 0 Å². The smallest absolute Gasteiger partial charge is 0.224 e. The summed E-state index contributed by atoms with van der Waals surface area (Å²) in [6.07, 6.45) is 2.04. The summed E-state index contributed by atoms with van der Waals surface area (Å²) in [5.41, 5.74) is 4.05. The normalized spacial score (nSPS) is 11.2. The van der Waals surface area contributed by atoms with Crippen LogP contribution in [0.5, 0.6) is 0 Å². The van der Waals surface area contributed by atoms with Crippen molar-refractivity contribution in [1.82, 2.24) is 9.97 Å². The number of hydrogen-bond donors (Lipinski definition) is 2. The van der Waals surface area contributed by atoms with E-state index in [9.17, 15) is 4.79 Å². The average molecular weight is 374 g/mol. The van der Waals surface area contributed by atoms with Gasteiger partial charge in [-0.15, -0.1) is 0 Å². The van der Waals surface area contributed by atoms with Gasteiger partial charge in [-0.3, -0.25) is 4.79 Å². The topological polar surface area (TPSA) is 80.0 Å². The third-order valence-corrected chi connectivity index (χ3v) is 4.42. The molecule has 1 amide bonds. The van der Waals surface area contributed by atoms with Crippen molar-refractivity contribution >= 4 is 39.5 Å². The molecule has 4 aromatic rings. The first-order chi connectivity index (χ1) is 13.6. The second kappa shape index (κ2) is 7.68. The highest BCUT2D eigenvalue weighted by Crippen LogP contribution is 2.30. The van der Waals surface area contributed by atoms with Gasteiger partial charge in [0.1, 0.15) is 17.4 Å². The van der Waals surface area contributed by atoms with Gasteiger partial charge in [-0.2, -0.15) is 0 Å². The Hall–Kier alpha value is -3.41. The zero-order valence-electron chi connectivity index (χ0n) is 15.9. The molecule has 28 heavy (non-hydrogen) atoms. The Kier molecular flexibility index (Phi) is 4.93. The lowest BCUT2D eigenvalue weighted by Gasteiger charge is -2.10. The molecular weight excluding hydrogens is 352 g/mol. The van der Waals surface area contributed by atoms with Crippen LogP contribution in [0.4, 0.5) is 11.5 Å². The number of amides is 1. The van der Waals surface area contributed by atoms with Gasteiger partial charge in [-0.25, -0.2) is 9.97 Å². The molecule has 2 aromatic heterocycles. The van der Waals surface area contributed by atoms with Crippen LogP contribution in [0.3, 0.4) is 0 Å². The monoisotopic (exact) mass is 374 g/mol. The molecule has 0 bridgehead atoms. The summed E-state index contributed by atoms with van der Waals surface area (Å²) in [5.74, 6) is 1.00. The Morgan fingerprint density at radius 1 is 1.11 bits per heavy atom. The van der Waals surface area contributed by atoms with Gasteiger partial charge in [0.2, 0.25) is 5.91 Å². The van der Waals surface area contributed by atoms with Gasteiger partial charge in [-0.1, -0.05) is 38.1 Å². The van der Waals surface area contributed by atoms with E-state index in [1.165, 1.54) is 6.33 Å². The lowest BCUT2D eigenvalue weighted by molar-refractivity contribution is -0.116. The molecule has 0 radical (unpaired) electrons. The lowest BCUT2D eigenvalue weighted by atomic mass is 10.1. The number of fused-ring (bicyclic) bond motifs is 3. The molecular formula is C22H22N4O2. The minimum Gasteiger partial charge on any atom is -0.450 e. The Bertz CT molecular complexity index is 1130. The van der Waals surface area contributed by atoms with Crippen LogP contribution < -0.4 is 10.6 Å². The Morgan fingerprint density at radius 3 is 2.82 bits per heavy atom. The van der Waals surface area contributed by atoms with Gasteiger partial charge < -0.3 is 15.1 Å². The van der Waals surface area contributed by atoms with E-state index in [1.54, 1.807) is 0 Å². The first-order valence-corrected chi connectivity index (χ1v) is 9.35. The second-order valence-electron chi connectivity index (χ2n) is 7.20. The first kappa shape index (κ1) is 18.0. The van der Waals surface area contributed by atoms with Gasteiger partial charge in [0.05, 0.1) is 0 Å². The fraction of sp³-hybridized carbons (Fsp3) is 0.227. The zero-order chi connectivity index (χ0) is 19.5. The number of aromatic nitrogens is 2. The van der Waals surface area contributed by atoms with Crippen LogP contribution in [0.1, 0.15) is 25.8 Å². The molecule has 6 heteroatoms.